The molecule has 1 amide bonds. The summed E-state index contributed by atoms with van der Waals surface area (Å²) < 4.78 is 27.8. The van der Waals surface area contributed by atoms with Gasteiger partial charge in [-0.2, -0.15) is 0 Å². The topological polar surface area (TPSA) is 109 Å². The minimum atomic E-state index is -1.20. The molecule has 0 fully saturated rings. The largest absolute Gasteiger partial charge is 0.503 e. The van der Waals surface area contributed by atoms with Gasteiger partial charge >= 0.3 is 0 Å². The number of halogens is 2. The fraction of sp³-hybridized carbons (Fsp3) is 0.316. The minimum absolute atomic E-state index is 0.00406. The molecule has 1 atom stereocenters. The second kappa shape index (κ2) is 6.83. The molecular weight excluding hydrogens is 374 g/mol. The predicted molar refractivity (Wildman–Crippen MR) is 94.0 cm³/mol. The average molecular weight is 392 g/mol. The van der Waals surface area contributed by atoms with Gasteiger partial charge in [-0.15, -0.1) is 0 Å². The molecule has 1 aliphatic heterocycles. The zero-order chi connectivity index (χ0) is 20.8. The van der Waals surface area contributed by atoms with Crippen LogP contribution in [-0.4, -0.2) is 32.6 Å². The fourth-order valence-electron chi connectivity index (χ4n) is 3.00. The van der Waals surface area contributed by atoms with Crippen molar-refractivity contribution in [2.24, 2.45) is 5.41 Å². The van der Waals surface area contributed by atoms with Gasteiger partial charge in [0.25, 0.3) is 5.91 Å². The first-order valence-electron chi connectivity index (χ1n) is 8.45. The number of aromatic nitrogens is 1. The second-order valence-corrected chi connectivity index (χ2v) is 7.21. The molecule has 2 aromatic rings. The average Bonchev–Trinajstić information content (AvgIpc) is 2.62. The number of benzene rings is 1. The third-order valence-corrected chi connectivity index (χ3v) is 4.96. The normalized spacial score (nSPS) is 17.9. The standard InChI is InChI=1S/C19H18F2N2O5/c1-19(2)13(24)8-23-7-11(15(25)16(26)14(23)17(19)27)18(28)22-6-9-3-4-10(20)5-12(9)21/h3-5,7,13,24,26H,6,8H2,1-2H3,(H,22,28). The van der Waals surface area contributed by atoms with E-state index >= 15 is 0 Å². The van der Waals surface area contributed by atoms with E-state index < -0.39 is 51.6 Å². The Labute approximate surface area is 158 Å². The molecule has 3 rings (SSSR count). The Morgan fingerprint density at radius 3 is 2.64 bits per heavy atom. The number of aliphatic hydroxyl groups is 1. The molecule has 0 saturated carbocycles. The molecule has 0 aliphatic carbocycles. The zero-order valence-corrected chi connectivity index (χ0v) is 15.1. The molecule has 0 radical (unpaired) electrons. The highest BCUT2D eigenvalue weighted by atomic mass is 19.1. The molecule has 7 nitrogen and oxygen atoms in total. The summed E-state index contributed by atoms with van der Waals surface area (Å²) in [6, 6.07) is 2.84. The van der Waals surface area contributed by atoms with Crippen LogP contribution in [0.5, 0.6) is 5.75 Å². The number of fused-ring (bicyclic) bond motifs is 1. The Kier molecular flexibility index (Phi) is 4.80. The van der Waals surface area contributed by atoms with E-state index in [2.05, 4.69) is 5.32 Å². The number of amides is 1. The van der Waals surface area contributed by atoms with Crippen LogP contribution in [0.3, 0.4) is 0 Å². The van der Waals surface area contributed by atoms with Gasteiger partial charge in [0, 0.05) is 30.9 Å². The van der Waals surface area contributed by atoms with Crippen LogP contribution in [0.1, 0.15) is 40.3 Å². The summed E-state index contributed by atoms with van der Waals surface area (Å²) in [7, 11) is 0. The van der Waals surface area contributed by atoms with Crippen molar-refractivity contribution in [3.63, 3.8) is 0 Å². The maximum absolute atomic E-state index is 13.7. The minimum Gasteiger partial charge on any atom is -0.503 e. The van der Waals surface area contributed by atoms with Gasteiger partial charge in [0.05, 0.1) is 11.5 Å². The van der Waals surface area contributed by atoms with E-state index in [9.17, 15) is 33.4 Å². The van der Waals surface area contributed by atoms with E-state index in [1.807, 2.05) is 0 Å². The first-order valence-corrected chi connectivity index (χ1v) is 8.45. The van der Waals surface area contributed by atoms with Gasteiger partial charge in [0.15, 0.2) is 11.5 Å². The van der Waals surface area contributed by atoms with Crippen LogP contribution >= 0.6 is 0 Å². The Balaban J connectivity index is 1.92. The van der Waals surface area contributed by atoms with Crippen molar-refractivity contribution in [2.75, 3.05) is 0 Å². The van der Waals surface area contributed by atoms with Crippen LogP contribution in [0.2, 0.25) is 0 Å². The molecule has 9 heteroatoms. The smallest absolute Gasteiger partial charge is 0.257 e. The number of rotatable bonds is 3. The van der Waals surface area contributed by atoms with Crippen molar-refractivity contribution in [1.82, 2.24) is 9.88 Å². The lowest BCUT2D eigenvalue weighted by atomic mass is 9.77. The van der Waals surface area contributed by atoms with Crippen molar-refractivity contribution in [1.29, 1.82) is 0 Å². The summed E-state index contributed by atoms with van der Waals surface area (Å²) in [5.41, 5.74) is -2.99. The predicted octanol–water partition coefficient (Wildman–Crippen LogP) is 1.35. The molecule has 1 aliphatic rings. The highest BCUT2D eigenvalue weighted by molar-refractivity contribution is 6.03. The maximum Gasteiger partial charge on any atom is 0.257 e. The third-order valence-electron chi connectivity index (χ3n) is 4.96. The van der Waals surface area contributed by atoms with Gasteiger partial charge < -0.3 is 20.1 Å². The summed E-state index contributed by atoms with van der Waals surface area (Å²) >= 11 is 0. The van der Waals surface area contributed by atoms with E-state index in [0.29, 0.717) is 6.07 Å². The van der Waals surface area contributed by atoms with Crippen LogP contribution in [0, 0.1) is 17.0 Å². The second-order valence-electron chi connectivity index (χ2n) is 7.21. The number of Topliss-reactive ketones (excluding diaryl/α,β-unsaturated/α-hetero) is 1. The SMILES string of the molecule is CC1(C)C(=O)c2c(O)c(=O)c(C(=O)NCc3ccc(F)cc3F)cn2CC1O. The lowest BCUT2D eigenvalue weighted by molar-refractivity contribution is 0.0206. The third kappa shape index (κ3) is 3.18. The first kappa shape index (κ1) is 19.7. The molecule has 1 aromatic heterocycles. The lowest BCUT2D eigenvalue weighted by Crippen LogP contribution is -2.47. The molecule has 3 N–H and O–H groups in total. The van der Waals surface area contributed by atoms with Crippen LogP contribution in [-0.2, 0) is 13.1 Å². The first-order chi connectivity index (χ1) is 13.0. The van der Waals surface area contributed by atoms with E-state index in [0.717, 1.165) is 22.9 Å². The van der Waals surface area contributed by atoms with Crippen molar-refractivity contribution < 1.29 is 28.6 Å². The number of nitrogens with zero attached hydrogens (tertiary/aromatic N) is 1. The number of hydrogen-bond donors (Lipinski definition) is 3. The van der Waals surface area contributed by atoms with Crippen LogP contribution < -0.4 is 10.7 Å². The number of carbonyl (C=O) groups is 2. The van der Waals surface area contributed by atoms with E-state index in [1.165, 1.54) is 13.8 Å². The number of pyridine rings is 1. The Morgan fingerprint density at radius 1 is 1.32 bits per heavy atom. The molecular formula is C19H18F2N2O5. The highest BCUT2D eigenvalue weighted by Crippen LogP contribution is 2.34. The van der Waals surface area contributed by atoms with Crippen LogP contribution in [0.15, 0.2) is 29.2 Å². The molecule has 0 saturated heterocycles. The molecule has 0 spiro atoms. The van der Waals surface area contributed by atoms with Gasteiger partial charge in [0.2, 0.25) is 5.43 Å². The van der Waals surface area contributed by atoms with Gasteiger partial charge in [-0.05, 0) is 19.9 Å². The quantitative estimate of drug-likeness (QED) is 0.731. The maximum atomic E-state index is 13.7. The van der Waals surface area contributed by atoms with Gasteiger partial charge in [-0.1, -0.05) is 6.07 Å². The number of ketones is 1. The molecule has 1 aromatic carbocycles. The number of hydrogen-bond acceptors (Lipinski definition) is 5. The van der Waals surface area contributed by atoms with Crippen molar-refractivity contribution in [3.05, 3.63) is 63.1 Å². The number of nitrogens with one attached hydrogen (secondary N) is 1. The van der Waals surface area contributed by atoms with Gasteiger partial charge in [0.1, 0.15) is 22.9 Å². The Bertz CT molecular complexity index is 1050. The monoisotopic (exact) mass is 392 g/mol. The van der Waals surface area contributed by atoms with E-state index in [1.54, 1.807) is 0 Å². The van der Waals surface area contributed by atoms with Gasteiger partial charge in [-0.3, -0.25) is 14.4 Å². The summed E-state index contributed by atoms with van der Waals surface area (Å²) in [4.78, 5) is 37.3. The fourth-order valence-corrected chi connectivity index (χ4v) is 3.00. The van der Waals surface area contributed by atoms with E-state index in [4.69, 9.17) is 0 Å². The van der Waals surface area contributed by atoms with Crippen LogP contribution in [0.4, 0.5) is 8.78 Å². The van der Waals surface area contributed by atoms with Crippen molar-refractivity contribution in [3.8, 4) is 5.75 Å². The Hall–Kier alpha value is -3.07. The summed E-state index contributed by atoms with van der Waals surface area (Å²) in [6.07, 6.45) is -0.0111. The summed E-state index contributed by atoms with van der Waals surface area (Å²) in [6.45, 7) is 2.56. The van der Waals surface area contributed by atoms with Crippen molar-refractivity contribution >= 4 is 11.7 Å². The zero-order valence-electron chi connectivity index (χ0n) is 15.1. The van der Waals surface area contributed by atoms with Crippen LogP contribution in [0.25, 0.3) is 0 Å². The number of aliphatic hydroxyl groups excluding tert-OH is 1. The molecule has 28 heavy (non-hydrogen) atoms. The van der Waals surface area contributed by atoms with Gasteiger partial charge in [-0.25, -0.2) is 8.78 Å². The molecule has 148 valence electrons. The molecule has 2 heterocycles. The number of aromatic hydroxyl groups is 1. The lowest BCUT2D eigenvalue weighted by Gasteiger charge is -2.36. The summed E-state index contributed by atoms with van der Waals surface area (Å²) in [5.74, 6) is -4.05. The van der Waals surface area contributed by atoms with Crippen molar-refractivity contribution in [2.45, 2.75) is 33.0 Å². The molecule has 1 unspecified atom stereocenters. The van der Waals surface area contributed by atoms with E-state index in [-0.39, 0.29) is 24.3 Å². The number of carbonyl (C=O) groups excluding carboxylic acids is 2. The Morgan fingerprint density at radius 2 is 2.00 bits per heavy atom. The highest BCUT2D eigenvalue weighted by Gasteiger charge is 2.44. The summed E-state index contributed by atoms with van der Waals surface area (Å²) in [5, 5.41) is 22.7. The molecule has 0 bridgehead atoms.